The minimum absolute atomic E-state index is 0.589. The largest absolute Gasteiger partial charge is 0.456 e. The van der Waals surface area contributed by atoms with E-state index in [9.17, 15) is 0 Å². The quantitative estimate of drug-likeness (QED) is 0.175. The van der Waals surface area contributed by atoms with Gasteiger partial charge in [-0.15, -0.1) is 0 Å². The van der Waals surface area contributed by atoms with Gasteiger partial charge in [-0.3, -0.25) is 0 Å². The van der Waals surface area contributed by atoms with E-state index in [4.69, 9.17) is 23.8 Å². The Bertz CT molecular complexity index is 3180. The van der Waals surface area contributed by atoms with Gasteiger partial charge in [0.1, 0.15) is 22.3 Å². The average Bonchev–Trinajstić information content (AvgIpc) is 3.80. The maximum Gasteiger partial charge on any atom is 0.164 e. The summed E-state index contributed by atoms with van der Waals surface area (Å²) >= 11 is 0. The maximum absolute atomic E-state index is 7.03. The van der Waals surface area contributed by atoms with Gasteiger partial charge in [0.15, 0.2) is 5.82 Å². The second-order valence-corrected chi connectivity index (χ2v) is 13.1. The number of rotatable bonds is 4. The third kappa shape index (κ3) is 4.33. The first-order valence-electron chi connectivity index (χ1n) is 17.4. The molecule has 0 saturated heterocycles. The van der Waals surface area contributed by atoms with Gasteiger partial charge in [0, 0.05) is 54.4 Å². The Hall–Kier alpha value is -7.11. The Morgan fingerprint density at radius 1 is 0.365 bits per heavy atom. The van der Waals surface area contributed by atoms with Gasteiger partial charge >= 0.3 is 0 Å². The normalized spacial score (nSPS) is 11.8. The fourth-order valence-electron chi connectivity index (χ4n) is 7.73. The van der Waals surface area contributed by atoms with E-state index >= 15 is 0 Å². The minimum atomic E-state index is 0.589. The number of fused-ring (bicyclic) bond motifs is 10. The van der Waals surface area contributed by atoms with Crippen molar-refractivity contribution in [2.75, 3.05) is 0 Å². The van der Waals surface area contributed by atoms with E-state index < -0.39 is 0 Å². The zero-order valence-electron chi connectivity index (χ0n) is 27.7. The first-order valence-corrected chi connectivity index (χ1v) is 17.4. The van der Waals surface area contributed by atoms with Gasteiger partial charge in [-0.2, -0.15) is 0 Å². The lowest BCUT2D eigenvalue weighted by Crippen LogP contribution is -1.96. The fraction of sp³-hybridized carbons (Fsp3) is 0. The van der Waals surface area contributed by atoms with Crippen molar-refractivity contribution < 1.29 is 8.83 Å². The van der Waals surface area contributed by atoms with Crippen LogP contribution in [0.15, 0.2) is 173 Å². The lowest BCUT2D eigenvalue weighted by atomic mass is 9.97. The maximum atomic E-state index is 7.03. The Morgan fingerprint density at radius 2 is 1.00 bits per heavy atom. The summed E-state index contributed by atoms with van der Waals surface area (Å²) in [4.78, 5) is 15.7. The molecule has 0 fully saturated rings. The highest BCUT2D eigenvalue weighted by Gasteiger charge is 2.22. The minimum Gasteiger partial charge on any atom is -0.456 e. The summed E-state index contributed by atoms with van der Waals surface area (Å²) in [5, 5.41) is 7.27. The van der Waals surface area contributed by atoms with Crippen molar-refractivity contribution in [3.8, 4) is 45.2 Å². The molecule has 7 aromatic carbocycles. The number of hydrogen-bond acceptors (Lipinski definition) is 5. The SMILES string of the molecule is c1ccc(-c2cc(-c3cccc4oc5ccccc5c34)nc(-c3cccc4c3oc3c4ccc4c(-c5ccccc5)nc5ccccc5c43)n2)cc1. The molecule has 0 N–H and O–H groups in total. The smallest absolute Gasteiger partial charge is 0.164 e. The van der Waals surface area contributed by atoms with E-state index in [-0.39, 0.29) is 0 Å². The molecule has 11 rings (SSSR count). The second-order valence-electron chi connectivity index (χ2n) is 13.1. The van der Waals surface area contributed by atoms with Crippen LogP contribution < -0.4 is 0 Å². The topological polar surface area (TPSA) is 65.0 Å². The molecule has 0 radical (unpaired) electrons. The molecule has 242 valence electrons. The lowest BCUT2D eigenvalue weighted by Gasteiger charge is -2.10. The number of benzene rings is 7. The van der Waals surface area contributed by atoms with Gasteiger partial charge in [-0.05, 0) is 36.4 Å². The number of pyridine rings is 1. The monoisotopic (exact) mass is 665 g/mol. The van der Waals surface area contributed by atoms with Crippen LogP contribution in [0.25, 0.3) is 111 Å². The highest BCUT2D eigenvalue weighted by molar-refractivity contribution is 6.25. The van der Waals surface area contributed by atoms with E-state index in [0.717, 1.165) is 105 Å². The van der Waals surface area contributed by atoms with Gasteiger partial charge < -0.3 is 8.83 Å². The number of furan rings is 2. The number of aromatic nitrogens is 3. The Kier molecular flexibility index (Phi) is 6.18. The van der Waals surface area contributed by atoms with Crippen molar-refractivity contribution in [3.63, 3.8) is 0 Å². The first kappa shape index (κ1) is 28.7. The first-order chi connectivity index (χ1) is 25.8. The molecule has 5 heteroatoms. The summed E-state index contributed by atoms with van der Waals surface area (Å²) in [6.07, 6.45) is 0. The van der Waals surface area contributed by atoms with E-state index in [0.29, 0.717) is 5.82 Å². The zero-order valence-corrected chi connectivity index (χ0v) is 27.7. The van der Waals surface area contributed by atoms with Crippen molar-refractivity contribution in [1.82, 2.24) is 15.0 Å². The summed E-state index contributed by atoms with van der Waals surface area (Å²) in [5.74, 6) is 0.589. The molecular formula is C47H27N3O2. The summed E-state index contributed by atoms with van der Waals surface area (Å²) in [6.45, 7) is 0. The van der Waals surface area contributed by atoms with E-state index in [1.165, 1.54) is 0 Å². The second kappa shape index (κ2) is 11.2. The van der Waals surface area contributed by atoms with Gasteiger partial charge in [-0.1, -0.05) is 127 Å². The predicted molar refractivity (Wildman–Crippen MR) is 211 cm³/mol. The summed E-state index contributed by atoms with van der Waals surface area (Å²) < 4.78 is 13.3. The van der Waals surface area contributed by atoms with Crippen LogP contribution in [0.2, 0.25) is 0 Å². The molecule has 0 aliphatic rings. The van der Waals surface area contributed by atoms with E-state index in [1.807, 2.05) is 60.7 Å². The molecule has 11 aromatic rings. The molecule has 0 saturated carbocycles. The van der Waals surface area contributed by atoms with Crippen LogP contribution >= 0.6 is 0 Å². The molecule has 0 bridgehead atoms. The molecule has 4 heterocycles. The van der Waals surface area contributed by atoms with Crippen molar-refractivity contribution in [1.29, 1.82) is 0 Å². The molecule has 0 unspecified atom stereocenters. The highest BCUT2D eigenvalue weighted by Crippen LogP contribution is 2.43. The van der Waals surface area contributed by atoms with Crippen LogP contribution in [0.5, 0.6) is 0 Å². The number of para-hydroxylation sites is 3. The van der Waals surface area contributed by atoms with Crippen molar-refractivity contribution >= 4 is 65.6 Å². The third-order valence-corrected chi connectivity index (χ3v) is 10.1. The summed E-state index contributed by atoms with van der Waals surface area (Å²) in [7, 11) is 0. The molecule has 52 heavy (non-hydrogen) atoms. The van der Waals surface area contributed by atoms with Gasteiger partial charge in [0.05, 0.1) is 28.2 Å². The van der Waals surface area contributed by atoms with Crippen LogP contribution in [0.4, 0.5) is 0 Å². The average molecular weight is 666 g/mol. The number of hydrogen-bond donors (Lipinski definition) is 0. The summed E-state index contributed by atoms with van der Waals surface area (Å²) in [6, 6.07) is 55.9. The van der Waals surface area contributed by atoms with Gasteiger partial charge in [0.2, 0.25) is 0 Å². The molecule has 0 spiro atoms. The fourth-order valence-corrected chi connectivity index (χ4v) is 7.73. The molecule has 4 aromatic heterocycles. The van der Waals surface area contributed by atoms with Gasteiger partial charge in [0.25, 0.3) is 0 Å². The van der Waals surface area contributed by atoms with Crippen LogP contribution in [0.3, 0.4) is 0 Å². The lowest BCUT2D eigenvalue weighted by molar-refractivity contribution is 0.669. The Morgan fingerprint density at radius 3 is 1.87 bits per heavy atom. The Labute approximate surface area is 297 Å². The highest BCUT2D eigenvalue weighted by atomic mass is 16.3. The predicted octanol–water partition coefficient (Wildman–Crippen LogP) is 12.6. The van der Waals surface area contributed by atoms with E-state index in [2.05, 4.69) is 103 Å². The molecule has 0 aliphatic heterocycles. The van der Waals surface area contributed by atoms with Crippen LogP contribution in [-0.2, 0) is 0 Å². The van der Waals surface area contributed by atoms with Crippen LogP contribution in [0, 0.1) is 0 Å². The third-order valence-electron chi connectivity index (χ3n) is 10.1. The molecule has 5 nitrogen and oxygen atoms in total. The molecular weight excluding hydrogens is 639 g/mol. The van der Waals surface area contributed by atoms with Crippen molar-refractivity contribution in [2.24, 2.45) is 0 Å². The zero-order chi connectivity index (χ0) is 34.2. The summed E-state index contributed by atoms with van der Waals surface area (Å²) in [5.41, 5.74) is 10.6. The van der Waals surface area contributed by atoms with Crippen LogP contribution in [-0.4, -0.2) is 15.0 Å². The molecule has 0 amide bonds. The Balaban J connectivity index is 1.20. The molecule has 0 atom stereocenters. The van der Waals surface area contributed by atoms with E-state index in [1.54, 1.807) is 0 Å². The van der Waals surface area contributed by atoms with Crippen LogP contribution in [0.1, 0.15) is 0 Å². The van der Waals surface area contributed by atoms with Crippen molar-refractivity contribution in [3.05, 3.63) is 164 Å². The number of nitrogens with zero attached hydrogens (tertiary/aromatic N) is 3. The van der Waals surface area contributed by atoms with Crippen molar-refractivity contribution in [2.45, 2.75) is 0 Å². The van der Waals surface area contributed by atoms with Gasteiger partial charge in [-0.25, -0.2) is 15.0 Å². The molecule has 0 aliphatic carbocycles. The standard InChI is InChI=1S/C47H27N3O2/c1-3-13-28(14-4-1)38-27-39(33-20-12-24-41-42(33)34-18-8-10-23-40(34)51-41)50-47(49-38)36-21-11-19-30-31-25-26-35-43(46(31)52-45(30)36)32-17-7-9-22-37(32)48-44(35)29-15-5-2-6-16-29/h1-27H.